The number of aliphatic hydroxyl groups is 1. The molecule has 1 N–H and O–H groups in total. The highest BCUT2D eigenvalue weighted by Crippen LogP contribution is 2.28. The van der Waals surface area contributed by atoms with E-state index >= 15 is 0 Å². The number of hydrogen-bond donors (Lipinski definition) is 1. The molecule has 0 unspecified atom stereocenters. The van der Waals surface area contributed by atoms with Crippen LogP contribution in [0.3, 0.4) is 0 Å². The summed E-state index contributed by atoms with van der Waals surface area (Å²) in [7, 11) is 0. The zero-order valence-electron chi connectivity index (χ0n) is 9.13. The van der Waals surface area contributed by atoms with Crippen LogP contribution in [0.15, 0.2) is 58.3 Å². The second kappa shape index (κ2) is 5.53. The lowest BCUT2D eigenvalue weighted by Crippen LogP contribution is -1.82. The highest BCUT2D eigenvalue weighted by molar-refractivity contribution is 7.99. The maximum atomic E-state index is 8.94. The van der Waals surface area contributed by atoms with E-state index in [4.69, 9.17) is 10.4 Å². The molecule has 2 aromatic carbocycles. The first-order valence-corrected chi connectivity index (χ1v) is 6.01. The van der Waals surface area contributed by atoms with Gasteiger partial charge in [-0.1, -0.05) is 30.0 Å². The number of benzene rings is 2. The Balaban J connectivity index is 2.16. The van der Waals surface area contributed by atoms with Crippen molar-refractivity contribution in [3.63, 3.8) is 0 Å². The van der Waals surface area contributed by atoms with E-state index < -0.39 is 0 Å². The van der Waals surface area contributed by atoms with Gasteiger partial charge in [0.25, 0.3) is 0 Å². The maximum absolute atomic E-state index is 8.94. The molecule has 0 saturated heterocycles. The van der Waals surface area contributed by atoms with Gasteiger partial charge in [0.05, 0.1) is 18.2 Å². The Morgan fingerprint density at radius 1 is 1.06 bits per heavy atom. The minimum absolute atomic E-state index is 0.0643. The number of nitrogens with zero attached hydrogens (tertiary/aromatic N) is 1. The molecular weight excluding hydrogens is 230 g/mol. The fourth-order valence-corrected chi connectivity index (χ4v) is 2.30. The predicted molar refractivity (Wildman–Crippen MR) is 67.6 cm³/mol. The molecule has 0 aliphatic heterocycles. The van der Waals surface area contributed by atoms with Crippen molar-refractivity contribution >= 4 is 11.8 Å². The average Bonchev–Trinajstić information content (AvgIpc) is 2.40. The Morgan fingerprint density at radius 3 is 2.47 bits per heavy atom. The molecule has 0 heterocycles. The molecule has 2 nitrogen and oxygen atoms in total. The molecule has 2 rings (SSSR count). The minimum Gasteiger partial charge on any atom is -0.392 e. The van der Waals surface area contributed by atoms with Crippen LogP contribution in [0.1, 0.15) is 11.1 Å². The van der Waals surface area contributed by atoms with Crippen molar-refractivity contribution in [1.82, 2.24) is 0 Å². The summed E-state index contributed by atoms with van der Waals surface area (Å²) in [4.78, 5) is 2.14. The Morgan fingerprint density at radius 2 is 1.82 bits per heavy atom. The highest BCUT2D eigenvalue weighted by Gasteiger charge is 1.99. The van der Waals surface area contributed by atoms with Crippen LogP contribution in [-0.4, -0.2) is 5.11 Å². The first kappa shape index (κ1) is 11.7. The van der Waals surface area contributed by atoms with E-state index in [1.54, 1.807) is 17.8 Å². The van der Waals surface area contributed by atoms with Gasteiger partial charge in [-0.3, -0.25) is 0 Å². The van der Waals surface area contributed by atoms with E-state index in [-0.39, 0.29) is 6.61 Å². The molecular formula is C14H11NOS. The van der Waals surface area contributed by atoms with E-state index in [0.29, 0.717) is 5.56 Å². The van der Waals surface area contributed by atoms with E-state index in [0.717, 1.165) is 15.4 Å². The van der Waals surface area contributed by atoms with E-state index in [9.17, 15) is 0 Å². The summed E-state index contributed by atoms with van der Waals surface area (Å²) in [6.07, 6.45) is 0. The van der Waals surface area contributed by atoms with Crippen molar-refractivity contribution in [2.45, 2.75) is 16.4 Å². The SMILES string of the molecule is N#Cc1cccc(Sc2ccc(CO)cc2)c1. The quantitative estimate of drug-likeness (QED) is 0.897. The van der Waals surface area contributed by atoms with E-state index in [2.05, 4.69) is 6.07 Å². The summed E-state index contributed by atoms with van der Waals surface area (Å²) >= 11 is 1.60. The number of aliphatic hydroxyl groups excluding tert-OH is 1. The van der Waals surface area contributed by atoms with Crippen molar-refractivity contribution in [2.24, 2.45) is 0 Å². The Kier molecular flexibility index (Phi) is 3.81. The largest absolute Gasteiger partial charge is 0.392 e. The van der Waals surface area contributed by atoms with Crippen LogP contribution in [0, 0.1) is 11.3 Å². The summed E-state index contributed by atoms with van der Waals surface area (Å²) < 4.78 is 0. The lowest BCUT2D eigenvalue weighted by molar-refractivity contribution is 0.282. The molecule has 0 saturated carbocycles. The van der Waals surface area contributed by atoms with Gasteiger partial charge in [0.15, 0.2) is 0 Å². The number of hydrogen-bond acceptors (Lipinski definition) is 3. The fourth-order valence-electron chi connectivity index (χ4n) is 1.43. The third kappa shape index (κ3) is 3.10. The van der Waals surface area contributed by atoms with Crippen LogP contribution in [-0.2, 0) is 6.61 Å². The standard InChI is InChI=1S/C14H11NOS/c15-9-12-2-1-3-14(8-12)17-13-6-4-11(10-16)5-7-13/h1-8,16H,10H2. The topological polar surface area (TPSA) is 44.0 Å². The van der Waals surface area contributed by atoms with Gasteiger partial charge in [-0.05, 0) is 35.9 Å². The van der Waals surface area contributed by atoms with Crippen molar-refractivity contribution in [1.29, 1.82) is 5.26 Å². The van der Waals surface area contributed by atoms with Gasteiger partial charge in [0.2, 0.25) is 0 Å². The summed E-state index contributed by atoms with van der Waals surface area (Å²) in [6, 6.07) is 17.4. The summed E-state index contributed by atoms with van der Waals surface area (Å²) in [5, 5.41) is 17.8. The Hall–Kier alpha value is -1.76. The zero-order valence-corrected chi connectivity index (χ0v) is 9.95. The monoisotopic (exact) mass is 241 g/mol. The molecule has 0 atom stereocenters. The second-order valence-corrected chi connectivity index (χ2v) is 4.69. The lowest BCUT2D eigenvalue weighted by atomic mass is 10.2. The van der Waals surface area contributed by atoms with Crippen molar-refractivity contribution < 1.29 is 5.11 Å². The first-order valence-electron chi connectivity index (χ1n) is 5.19. The normalized spacial score (nSPS) is 9.88. The molecule has 0 aliphatic carbocycles. The van der Waals surface area contributed by atoms with E-state index in [1.165, 1.54) is 0 Å². The van der Waals surface area contributed by atoms with Gasteiger partial charge in [-0.25, -0.2) is 0 Å². The number of nitriles is 1. The Labute approximate surface area is 105 Å². The molecule has 3 heteroatoms. The van der Waals surface area contributed by atoms with E-state index in [1.807, 2.05) is 42.5 Å². The van der Waals surface area contributed by atoms with Gasteiger partial charge < -0.3 is 5.11 Å². The van der Waals surface area contributed by atoms with Crippen molar-refractivity contribution in [3.05, 3.63) is 59.7 Å². The van der Waals surface area contributed by atoms with Gasteiger partial charge in [-0.2, -0.15) is 5.26 Å². The molecule has 84 valence electrons. The van der Waals surface area contributed by atoms with Gasteiger partial charge >= 0.3 is 0 Å². The fraction of sp³-hybridized carbons (Fsp3) is 0.0714. The van der Waals surface area contributed by atoms with Gasteiger partial charge in [0, 0.05) is 9.79 Å². The predicted octanol–water partition coefficient (Wildman–Crippen LogP) is 3.20. The van der Waals surface area contributed by atoms with Crippen LogP contribution in [0.5, 0.6) is 0 Å². The highest BCUT2D eigenvalue weighted by atomic mass is 32.2. The van der Waals surface area contributed by atoms with Crippen LogP contribution < -0.4 is 0 Å². The molecule has 0 radical (unpaired) electrons. The molecule has 0 aromatic heterocycles. The smallest absolute Gasteiger partial charge is 0.0992 e. The average molecular weight is 241 g/mol. The zero-order chi connectivity index (χ0) is 12.1. The van der Waals surface area contributed by atoms with Gasteiger partial charge in [0.1, 0.15) is 0 Å². The second-order valence-electron chi connectivity index (χ2n) is 3.54. The molecule has 0 spiro atoms. The molecule has 0 amide bonds. The van der Waals surface area contributed by atoms with Crippen LogP contribution >= 0.6 is 11.8 Å². The minimum atomic E-state index is 0.0643. The summed E-state index contributed by atoms with van der Waals surface area (Å²) in [6.45, 7) is 0.0643. The Bertz CT molecular complexity index is 543. The van der Waals surface area contributed by atoms with Crippen LogP contribution in [0.2, 0.25) is 0 Å². The van der Waals surface area contributed by atoms with Crippen molar-refractivity contribution in [3.8, 4) is 6.07 Å². The molecule has 17 heavy (non-hydrogen) atoms. The molecule has 0 aliphatic rings. The summed E-state index contributed by atoms with van der Waals surface area (Å²) in [5.41, 5.74) is 1.57. The molecule has 0 bridgehead atoms. The molecule has 0 fully saturated rings. The molecule has 2 aromatic rings. The first-order chi connectivity index (χ1) is 8.31. The number of rotatable bonds is 3. The van der Waals surface area contributed by atoms with Crippen LogP contribution in [0.4, 0.5) is 0 Å². The third-order valence-electron chi connectivity index (χ3n) is 2.30. The lowest BCUT2D eigenvalue weighted by Gasteiger charge is -2.03. The van der Waals surface area contributed by atoms with Crippen molar-refractivity contribution in [2.75, 3.05) is 0 Å². The van der Waals surface area contributed by atoms with Crippen LogP contribution in [0.25, 0.3) is 0 Å². The van der Waals surface area contributed by atoms with Gasteiger partial charge in [-0.15, -0.1) is 0 Å². The maximum Gasteiger partial charge on any atom is 0.0992 e. The third-order valence-corrected chi connectivity index (χ3v) is 3.30. The summed E-state index contributed by atoms with van der Waals surface area (Å²) in [5.74, 6) is 0.